The maximum absolute atomic E-state index is 5.82. The number of nitrogens with two attached hydrogens (primary N) is 1. The van der Waals surface area contributed by atoms with Crippen LogP contribution in [0.15, 0.2) is 28.2 Å². The van der Waals surface area contributed by atoms with E-state index in [1.165, 1.54) is 11.5 Å². The average Bonchev–Trinajstić information content (AvgIpc) is 2.77. The molecule has 4 nitrogen and oxygen atoms in total. The molecule has 0 aliphatic carbocycles. The third-order valence-corrected chi connectivity index (χ3v) is 2.07. The summed E-state index contributed by atoms with van der Waals surface area (Å²) in [6.07, 6.45) is 1.59. The minimum atomic E-state index is -0.293. The summed E-state index contributed by atoms with van der Waals surface area (Å²) >= 11 is 1.28. The van der Waals surface area contributed by atoms with Crippen molar-refractivity contribution >= 4 is 11.5 Å². The van der Waals surface area contributed by atoms with Crippen molar-refractivity contribution in [3.63, 3.8) is 0 Å². The summed E-state index contributed by atoms with van der Waals surface area (Å²) in [5, 5.41) is 5.67. The fourth-order valence-corrected chi connectivity index (χ4v) is 1.41. The molecule has 0 aliphatic heterocycles. The zero-order valence-corrected chi connectivity index (χ0v) is 6.99. The number of nitrogens with zero attached hydrogens (tertiary/aromatic N) is 2. The molecule has 0 saturated heterocycles. The first kappa shape index (κ1) is 7.45. The predicted octanol–water partition coefficient (Wildman–Crippen LogP) is 1.18. The summed E-state index contributed by atoms with van der Waals surface area (Å²) in [5.41, 5.74) is 6.56. The molecule has 0 saturated carbocycles. The van der Waals surface area contributed by atoms with Crippen molar-refractivity contribution in [3.8, 4) is 0 Å². The summed E-state index contributed by atoms with van der Waals surface area (Å²) in [6, 6.07) is 3.33. The Hall–Kier alpha value is -1.20. The Balaban J connectivity index is 2.27. The lowest BCUT2D eigenvalue weighted by Gasteiger charge is -2.02. The van der Waals surface area contributed by atoms with Gasteiger partial charge in [0.05, 0.1) is 12.0 Å². The SMILES string of the molecule is NC(c1csnn1)c1ccco1. The van der Waals surface area contributed by atoms with Crippen LogP contribution in [0.2, 0.25) is 0 Å². The first-order chi connectivity index (χ1) is 5.88. The van der Waals surface area contributed by atoms with Crippen molar-refractivity contribution in [2.75, 3.05) is 0 Å². The molecule has 2 heterocycles. The van der Waals surface area contributed by atoms with Crippen molar-refractivity contribution in [2.45, 2.75) is 6.04 Å². The molecule has 2 aromatic heterocycles. The molecule has 12 heavy (non-hydrogen) atoms. The summed E-state index contributed by atoms with van der Waals surface area (Å²) in [7, 11) is 0. The van der Waals surface area contributed by atoms with Gasteiger partial charge in [0, 0.05) is 5.38 Å². The summed E-state index contributed by atoms with van der Waals surface area (Å²) in [5.74, 6) is 0.711. The van der Waals surface area contributed by atoms with Crippen LogP contribution in [0.3, 0.4) is 0 Å². The normalized spacial score (nSPS) is 13.1. The Morgan fingerprint density at radius 2 is 2.50 bits per heavy atom. The third-order valence-electron chi connectivity index (χ3n) is 1.55. The first-order valence-corrected chi connectivity index (χ1v) is 4.27. The minimum Gasteiger partial charge on any atom is -0.467 e. The van der Waals surface area contributed by atoms with Gasteiger partial charge in [0.15, 0.2) is 0 Å². The van der Waals surface area contributed by atoms with Crippen molar-refractivity contribution in [1.82, 2.24) is 9.59 Å². The van der Waals surface area contributed by atoms with Crippen molar-refractivity contribution in [2.24, 2.45) is 5.73 Å². The number of hydrogen-bond acceptors (Lipinski definition) is 5. The molecule has 0 bridgehead atoms. The van der Waals surface area contributed by atoms with Gasteiger partial charge in [-0.15, -0.1) is 5.10 Å². The van der Waals surface area contributed by atoms with Crippen LogP contribution >= 0.6 is 11.5 Å². The lowest BCUT2D eigenvalue weighted by Crippen LogP contribution is -2.11. The molecule has 5 heteroatoms. The van der Waals surface area contributed by atoms with Gasteiger partial charge in [0.2, 0.25) is 0 Å². The van der Waals surface area contributed by atoms with Crippen LogP contribution < -0.4 is 5.73 Å². The van der Waals surface area contributed by atoms with E-state index < -0.39 is 0 Å². The van der Waals surface area contributed by atoms with Crippen LogP contribution in [0.5, 0.6) is 0 Å². The highest BCUT2D eigenvalue weighted by atomic mass is 32.1. The van der Waals surface area contributed by atoms with E-state index in [1.54, 1.807) is 12.3 Å². The van der Waals surface area contributed by atoms with Gasteiger partial charge in [-0.1, -0.05) is 4.49 Å². The Bertz CT molecular complexity index is 295. The molecule has 0 fully saturated rings. The molecule has 1 atom stereocenters. The zero-order valence-electron chi connectivity index (χ0n) is 6.18. The lowest BCUT2D eigenvalue weighted by atomic mass is 10.2. The highest BCUT2D eigenvalue weighted by Gasteiger charge is 2.13. The third kappa shape index (κ3) is 1.24. The highest BCUT2D eigenvalue weighted by molar-refractivity contribution is 7.03. The van der Waals surface area contributed by atoms with Gasteiger partial charge in [-0.25, -0.2) is 0 Å². The van der Waals surface area contributed by atoms with E-state index in [-0.39, 0.29) is 6.04 Å². The molecule has 0 amide bonds. The van der Waals surface area contributed by atoms with E-state index in [2.05, 4.69) is 9.59 Å². The molecular formula is C7H7N3OS. The Morgan fingerprint density at radius 1 is 1.58 bits per heavy atom. The van der Waals surface area contributed by atoms with Gasteiger partial charge in [-0.3, -0.25) is 0 Å². The van der Waals surface area contributed by atoms with Crippen LogP contribution in [0.25, 0.3) is 0 Å². The maximum Gasteiger partial charge on any atom is 0.126 e. The number of furan rings is 1. The molecular weight excluding hydrogens is 174 g/mol. The van der Waals surface area contributed by atoms with Crippen LogP contribution in [-0.4, -0.2) is 9.59 Å². The Kier molecular flexibility index (Phi) is 1.89. The average molecular weight is 181 g/mol. The number of rotatable bonds is 2. The molecule has 0 radical (unpaired) electrons. The molecule has 0 aromatic carbocycles. The Labute approximate surface area is 73.2 Å². The van der Waals surface area contributed by atoms with E-state index in [4.69, 9.17) is 10.2 Å². The summed E-state index contributed by atoms with van der Waals surface area (Å²) < 4.78 is 8.85. The standard InChI is InChI=1S/C7H7N3OS/c8-7(5-4-12-10-9-5)6-2-1-3-11-6/h1-4,7H,8H2. The van der Waals surface area contributed by atoms with Gasteiger partial charge >= 0.3 is 0 Å². The summed E-state index contributed by atoms with van der Waals surface area (Å²) in [6.45, 7) is 0. The molecule has 0 spiro atoms. The highest BCUT2D eigenvalue weighted by Crippen LogP contribution is 2.17. The first-order valence-electron chi connectivity index (χ1n) is 3.44. The van der Waals surface area contributed by atoms with Crippen LogP contribution in [0.4, 0.5) is 0 Å². The smallest absolute Gasteiger partial charge is 0.126 e. The van der Waals surface area contributed by atoms with E-state index in [1.807, 2.05) is 11.4 Å². The molecule has 62 valence electrons. The van der Waals surface area contributed by atoms with Gasteiger partial charge in [-0.2, -0.15) is 0 Å². The van der Waals surface area contributed by atoms with Crippen LogP contribution in [0, 0.1) is 0 Å². The fraction of sp³-hybridized carbons (Fsp3) is 0.143. The molecule has 2 rings (SSSR count). The number of hydrogen-bond donors (Lipinski definition) is 1. The molecule has 2 N–H and O–H groups in total. The second-order valence-corrected chi connectivity index (χ2v) is 2.93. The van der Waals surface area contributed by atoms with Crippen molar-refractivity contribution in [3.05, 3.63) is 35.2 Å². The number of aromatic nitrogens is 2. The van der Waals surface area contributed by atoms with Gasteiger partial charge in [-0.05, 0) is 23.7 Å². The van der Waals surface area contributed by atoms with Gasteiger partial charge in [0.1, 0.15) is 11.8 Å². The monoisotopic (exact) mass is 181 g/mol. The van der Waals surface area contributed by atoms with E-state index in [0.29, 0.717) is 5.76 Å². The van der Waals surface area contributed by atoms with Gasteiger partial charge < -0.3 is 10.2 Å². The van der Waals surface area contributed by atoms with Crippen molar-refractivity contribution < 1.29 is 4.42 Å². The quantitative estimate of drug-likeness (QED) is 0.755. The van der Waals surface area contributed by atoms with Crippen LogP contribution in [0.1, 0.15) is 17.5 Å². The van der Waals surface area contributed by atoms with Crippen molar-refractivity contribution in [1.29, 1.82) is 0 Å². The molecule has 0 aliphatic rings. The van der Waals surface area contributed by atoms with E-state index in [9.17, 15) is 0 Å². The van der Waals surface area contributed by atoms with Gasteiger partial charge in [0.25, 0.3) is 0 Å². The van der Waals surface area contributed by atoms with Crippen LogP contribution in [-0.2, 0) is 0 Å². The minimum absolute atomic E-state index is 0.293. The van der Waals surface area contributed by atoms with E-state index in [0.717, 1.165) is 5.69 Å². The maximum atomic E-state index is 5.82. The predicted molar refractivity (Wildman–Crippen MR) is 44.6 cm³/mol. The largest absolute Gasteiger partial charge is 0.467 e. The molecule has 2 aromatic rings. The summed E-state index contributed by atoms with van der Waals surface area (Å²) in [4.78, 5) is 0. The topological polar surface area (TPSA) is 64.9 Å². The lowest BCUT2D eigenvalue weighted by molar-refractivity contribution is 0.486. The second kappa shape index (κ2) is 3.04. The van der Waals surface area contributed by atoms with E-state index >= 15 is 0 Å². The second-order valence-electron chi connectivity index (χ2n) is 2.32. The molecule has 1 unspecified atom stereocenters. The zero-order chi connectivity index (χ0) is 8.39. The Morgan fingerprint density at radius 3 is 3.08 bits per heavy atom. The fourth-order valence-electron chi connectivity index (χ4n) is 0.921.